The molecule has 17 heavy (non-hydrogen) atoms. The Balaban J connectivity index is 1.89. The van der Waals surface area contributed by atoms with Crippen LogP contribution in [0.2, 0.25) is 0 Å². The van der Waals surface area contributed by atoms with Gasteiger partial charge in [-0.3, -0.25) is 0 Å². The second kappa shape index (κ2) is 6.22. The van der Waals surface area contributed by atoms with Gasteiger partial charge in [-0.05, 0) is 42.0 Å². The van der Waals surface area contributed by atoms with Crippen LogP contribution in [-0.4, -0.2) is 7.11 Å². The molecule has 90 valence electrons. The molecule has 0 saturated heterocycles. The van der Waals surface area contributed by atoms with E-state index in [1.165, 1.54) is 10.4 Å². The number of aryl methyl sites for hydroxylation is 1. The summed E-state index contributed by atoms with van der Waals surface area (Å²) >= 11 is 5.54. The predicted octanol–water partition coefficient (Wildman–Crippen LogP) is 4.83. The van der Waals surface area contributed by atoms with Gasteiger partial charge in [-0.1, -0.05) is 34.1 Å². The molecule has 0 N–H and O–H groups in total. The van der Waals surface area contributed by atoms with E-state index < -0.39 is 0 Å². The maximum atomic E-state index is 5.15. The van der Waals surface area contributed by atoms with Crippen LogP contribution in [0.1, 0.15) is 21.7 Å². The summed E-state index contributed by atoms with van der Waals surface area (Å²) < 4.78 is 5.15. The molecule has 0 fully saturated rings. The third-order valence-corrected chi connectivity index (χ3v) is 4.94. The first kappa shape index (κ1) is 12.7. The van der Waals surface area contributed by atoms with Crippen LogP contribution in [0, 0.1) is 0 Å². The van der Waals surface area contributed by atoms with Gasteiger partial charge >= 0.3 is 0 Å². The minimum atomic E-state index is 0.463. The largest absolute Gasteiger partial charge is 0.497 e. The Morgan fingerprint density at radius 2 is 2.00 bits per heavy atom. The summed E-state index contributed by atoms with van der Waals surface area (Å²) in [4.78, 5) is 1.86. The Morgan fingerprint density at radius 1 is 1.24 bits per heavy atom. The van der Waals surface area contributed by atoms with Crippen LogP contribution in [0.25, 0.3) is 0 Å². The average Bonchev–Trinajstić information content (AvgIpc) is 2.90. The lowest BCUT2D eigenvalue weighted by molar-refractivity contribution is 0.414. The van der Waals surface area contributed by atoms with Gasteiger partial charge in [0.05, 0.1) is 7.11 Å². The van der Waals surface area contributed by atoms with E-state index in [1.54, 1.807) is 18.4 Å². The summed E-state index contributed by atoms with van der Waals surface area (Å²) in [5, 5.41) is 2.12. The smallest absolute Gasteiger partial charge is 0.118 e. The summed E-state index contributed by atoms with van der Waals surface area (Å²) in [7, 11) is 1.69. The molecule has 1 heterocycles. The Morgan fingerprint density at radius 3 is 2.59 bits per heavy atom. The van der Waals surface area contributed by atoms with E-state index in [4.69, 9.17) is 4.74 Å². The van der Waals surface area contributed by atoms with Crippen LogP contribution in [0.4, 0.5) is 0 Å². The summed E-state index contributed by atoms with van der Waals surface area (Å²) in [6.45, 7) is 0. The highest BCUT2D eigenvalue weighted by atomic mass is 79.9. The molecule has 0 aliphatic heterocycles. The number of benzene rings is 1. The zero-order chi connectivity index (χ0) is 12.1. The monoisotopic (exact) mass is 310 g/mol. The molecule has 0 radical (unpaired) electrons. The number of thiophene rings is 1. The normalized spacial score (nSPS) is 12.4. The van der Waals surface area contributed by atoms with Gasteiger partial charge in [0.1, 0.15) is 5.75 Å². The molecule has 2 aromatic rings. The lowest BCUT2D eigenvalue weighted by Crippen LogP contribution is -1.91. The molecule has 0 amide bonds. The van der Waals surface area contributed by atoms with Crippen molar-refractivity contribution in [2.75, 3.05) is 7.11 Å². The first-order chi connectivity index (χ1) is 8.29. The lowest BCUT2D eigenvalue weighted by Gasteiger charge is -2.08. The fourth-order valence-corrected chi connectivity index (χ4v) is 3.14. The van der Waals surface area contributed by atoms with Gasteiger partial charge in [-0.25, -0.2) is 0 Å². The first-order valence-corrected chi connectivity index (χ1v) is 7.39. The van der Waals surface area contributed by atoms with E-state index in [-0.39, 0.29) is 0 Å². The second-order valence-corrected chi connectivity index (χ2v) is 5.95. The number of alkyl halides is 1. The van der Waals surface area contributed by atoms with Crippen molar-refractivity contribution in [3.8, 4) is 5.75 Å². The highest BCUT2D eigenvalue weighted by Crippen LogP contribution is 2.31. The Labute approximate surface area is 115 Å². The number of rotatable bonds is 5. The maximum Gasteiger partial charge on any atom is 0.118 e. The van der Waals surface area contributed by atoms with Crippen molar-refractivity contribution in [2.24, 2.45) is 0 Å². The molecule has 0 spiro atoms. The van der Waals surface area contributed by atoms with Gasteiger partial charge in [0.2, 0.25) is 0 Å². The topological polar surface area (TPSA) is 9.23 Å². The van der Waals surface area contributed by atoms with Crippen LogP contribution in [0.15, 0.2) is 41.8 Å². The lowest BCUT2D eigenvalue weighted by atomic mass is 10.1. The van der Waals surface area contributed by atoms with Gasteiger partial charge < -0.3 is 4.74 Å². The van der Waals surface area contributed by atoms with Gasteiger partial charge in [0.25, 0.3) is 0 Å². The molecule has 1 aromatic carbocycles. The van der Waals surface area contributed by atoms with Crippen molar-refractivity contribution < 1.29 is 4.74 Å². The molecule has 0 aliphatic carbocycles. The molecule has 3 heteroatoms. The van der Waals surface area contributed by atoms with E-state index in [9.17, 15) is 0 Å². The first-order valence-electron chi connectivity index (χ1n) is 5.60. The van der Waals surface area contributed by atoms with E-state index in [0.717, 1.165) is 18.6 Å². The average molecular weight is 311 g/mol. The van der Waals surface area contributed by atoms with Gasteiger partial charge in [-0.2, -0.15) is 0 Å². The number of ether oxygens (including phenoxy) is 1. The van der Waals surface area contributed by atoms with E-state index >= 15 is 0 Å². The molecular formula is C14H15BrOS. The third kappa shape index (κ3) is 3.58. The predicted molar refractivity (Wildman–Crippen MR) is 77.3 cm³/mol. The highest BCUT2D eigenvalue weighted by Gasteiger charge is 2.08. The van der Waals surface area contributed by atoms with Gasteiger partial charge in [-0.15, -0.1) is 11.3 Å². The summed E-state index contributed by atoms with van der Waals surface area (Å²) in [6, 6.07) is 12.6. The zero-order valence-electron chi connectivity index (χ0n) is 9.73. The molecule has 0 saturated carbocycles. The number of methoxy groups -OCH3 is 1. The molecule has 1 unspecified atom stereocenters. The fourth-order valence-electron chi connectivity index (χ4n) is 1.70. The van der Waals surface area contributed by atoms with Crippen LogP contribution < -0.4 is 4.74 Å². The Kier molecular flexibility index (Phi) is 4.63. The standard InChI is InChI=1S/C14H15BrOS/c1-16-12-7-4-11(5-8-12)6-9-13(15)14-3-2-10-17-14/h2-5,7-8,10,13H,6,9H2,1H3. The molecule has 1 atom stereocenters. The van der Waals surface area contributed by atoms with Gasteiger partial charge in [0.15, 0.2) is 0 Å². The molecular weight excluding hydrogens is 296 g/mol. The van der Waals surface area contributed by atoms with Gasteiger partial charge in [0, 0.05) is 9.70 Å². The van der Waals surface area contributed by atoms with Crippen molar-refractivity contribution in [3.63, 3.8) is 0 Å². The van der Waals surface area contributed by atoms with E-state index in [2.05, 4.69) is 45.6 Å². The minimum Gasteiger partial charge on any atom is -0.497 e. The van der Waals surface area contributed by atoms with Crippen LogP contribution in [-0.2, 0) is 6.42 Å². The summed E-state index contributed by atoms with van der Waals surface area (Å²) in [6.07, 6.45) is 2.20. The molecule has 2 rings (SSSR count). The Bertz CT molecular complexity index is 436. The van der Waals surface area contributed by atoms with Crippen molar-refractivity contribution in [1.82, 2.24) is 0 Å². The van der Waals surface area contributed by atoms with E-state index in [1.807, 2.05) is 12.1 Å². The third-order valence-electron chi connectivity index (χ3n) is 2.70. The number of halogens is 1. The molecule has 1 aromatic heterocycles. The van der Waals surface area contributed by atoms with Crippen molar-refractivity contribution in [3.05, 3.63) is 52.2 Å². The second-order valence-electron chi connectivity index (χ2n) is 3.87. The fraction of sp³-hybridized carbons (Fsp3) is 0.286. The quantitative estimate of drug-likeness (QED) is 0.719. The molecule has 1 nitrogen and oxygen atoms in total. The van der Waals surface area contributed by atoms with Crippen LogP contribution in [0.3, 0.4) is 0 Å². The van der Waals surface area contributed by atoms with E-state index in [0.29, 0.717) is 4.83 Å². The van der Waals surface area contributed by atoms with Crippen LogP contribution >= 0.6 is 27.3 Å². The van der Waals surface area contributed by atoms with Crippen molar-refractivity contribution >= 4 is 27.3 Å². The van der Waals surface area contributed by atoms with Crippen molar-refractivity contribution in [1.29, 1.82) is 0 Å². The summed E-state index contributed by atoms with van der Waals surface area (Å²) in [5.41, 5.74) is 1.35. The molecule has 0 aliphatic rings. The minimum absolute atomic E-state index is 0.463. The van der Waals surface area contributed by atoms with Crippen molar-refractivity contribution in [2.45, 2.75) is 17.7 Å². The zero-order valence-corrected chi connectivity index (χ0v) is 12.1. The SMILES string of the molecule is COc1ccc(CCC(Br)c2cccs2)cc1. The number of hydrogen-bond donors (Lipinski definition) is 0. The Hall–Kier alpha value is -0.800. The van der Waals surface area contributed by atoms with Crippen LogP contribution in [0.5, 0.6) is 5.75 Å². The number of hydrogen-bond acceptors (Lipinski definition) is 2. The summed E-state index contributed by atoms with van der Waals surface area (Å²) in [5.74, 6) is 0.919. The maximum absolute atomic E-state index is 5.15. The molecule has 0 bridgehead atoms. The highest BCUT2D eigenvalue weighted by molar-refractivity contribution is 9.09.